The highest BCUT2D eigenvalue weighted by Crippen LogP contribution is 2.39. The maximum absolute atomic E-state index is 13.8. The molecule has 2 saturated heterocycles. The monoisotopic (exact) mass is 555 g/mol. The van der Waals surface area contributed by atoms with Gasteiger partial charge in [-0.05, 0) is 48.9 Å². The van der Waals surface area contributed by atoms with E-state index in [1.165, 1.54) is 23.3 Å². The smallest absolute Gasteiger partial charge is 0.416 e. The van der Waals surface area contributed by atoms with Crippen molar-refractivity contribution in [3.8, 4) is 0 Å². The maximum Gasteiger partial charge on any atom is 0.416 e. The van der Waals surface area contributed by atoms with Gasteiger partial charge in [-0.2, -0.15) is 13.2 Å². The number of hydrogen-bond donors (Lipinski definition) is 1. The highest BCUT2D eigenvalue weighted by molar-refractivity contribution is 5.98. The molecule has 3 amide bonds. The van der Waals surface area contributed by atoms with Gasteiger partial charge in [-0.25, -0.2) is 0 Å². The summed E-state index contributed by atoms with van der Waals surface area (Å²) in [5.74, 6) is -1.00. The second-order valence-corrected chi connectivity index (χ2v) is 10.00. The van der Waals surface area contributed by atoms with Crippen LogP contribution in [0.1, 0.15) is 50.4 Å². The van der Waals surface area contributed by atoms with Crippen LogP contribution in [0, 0.1) is 6.92 Å². The predicted molar refractivity (Wildman–Crippen MR) is 137 cm³/mol. The van der Waals surface area contributed by atoms with Crippen LogP contribution in [0.4, 0.5) is 13.2 Å². The van der Waals surface area contributed by atoms with E-state index >= 15 is 0 Å². The molecule has 1 spiro atoms. The van der Waals surface area contributed by atoms with Gasteiger partial charge in [-0.3, -0.25) is 19.3 Å². The van der Waals surface area contributed by atoms with Crippen LogP contribution in [0.2, 0.25) is 0 Å². The van der Waals surface area contributed by atoms with E-state index in [1.54, 1.807) is 41.3 Å². The van der Waals surface area contributed by atoms with Crippen LogP contribution < -0.4 is 5.32 Å². The van der Waals surface area contributed by atoms with E-state index in [9.17, 15) is 27.6 Å². The number of halogens is 3. The standard InChI is InChI=1S/C29H28F3N3O5/c1-19-7-9-21(10-8-19)26(37)35-23(25(36)33-17-20-4-2-5-22(16-20)29(30,31)32)18-40-28(35)11-13-34(14-12-28)27(38)24-6-3-15-39-24/h2-10,15-16,23H,11-14,17-18H2,1H3,(H,33,36). The number of amides is 3. The molecule has 2 aliphatic rings. The third-order valence-electron chi connectivity index (χ3n) is 7.37. The first-order valence-electron chi connectivity index (χ1n) is 12.9. The summed E-state index contributed by atoms with van der Waals surface area (Å²) in [5, 5.41) is 2.68. The number of ether oxygens (including phenoxy) is 1. The van der Waals surface area contributed by atoms with Crippen molar-refractivity contribution in [1.82, 2.24) is 15.1 Å². The topological polar surface area (TPSA) is 92.1 Å². The highest BCUT2D eigenvalue weighted by atomic mass is 19.4. The second-order valence-electron chi connectivity index (χ2n) is 10.00. The zero-order valence-electron chi connectivity index (χ0n) is 21.7. The number of alkyl halides is 3. The number of piperidine rings is 1. The molecule has 5 rings (SSSR count). The van der Waals surface area contributed by atoms with E-state index in [-0.39, 0.29) is 56.3 Å². The van der Waals surface area contributed by atoms with E-state index in [4.69, 9.17) is 9.15 Å². The zero-order valence-corrected chi connectivity index (χ0v) is 21.7. The number of carbonyl (C=O) groups is 3. The molecule has 0 bridgehead atoms. The lowest BCUT2D eigenvalue weighted by Gasteiger charge is -2.44. The Balaban J connectivity index is 1.35. The molecule has 0 aliphatic carbocycles. The van der Waals surface area contributed by atoms with Crippen LogP contribution in [0.3, 0.4) is 0 Å². The maximum atomic E-state index is 13.8. The molecule has 210 valence electrons. The van der Waals surface area contributed by atoms with Crippen LogP contribution in [0.15, 0.2) is 71.3 Å². The Hall–Kier alpha value is -4.12. The van der Waals surface area contributed by atoms with Crippen molar-refractivity contribution in [2.45, 2.75) is 44.3 Å². The number of likely N-dealkylation sites (tertiary alicyclic amines) is 1. The number of nitrogens with zero attached hydrogens (tertiary/aromatic N) is 2. The van der Waals surface area contributed by atoms with Crippen LogP contribution >= 0.6 is 0 Å². The Morgan fingerprint density at radius 1 is 1.00 bits per heavy atom. The average molecular weight is 556 g/mol. The quantitative estimate of drug-likeness (QED) is 0.504. The summed E-state index contributed by atoms with van der Waals surface area (Å²) >= 11 is 0. The summed E-state index contributed by atoms with van der Waals surface area (Å²) < 4.78 is 50.8. The third-order valence-corrected chi connectivity index (χ3v) is 7.37. The minimum atomic E-state index is -4.50. The molecule has 2 aromatic carbocycles. The van der Waals surface area contributed by atoms with Crippen molar-refractivity contribution in [3.63, 3.8) is 0 Å². The van der Waals surface area contributed by atoms with Gasteiger partial charge in [-0.15, -0.1) is 0 Å². The molecular weight excluding hydrogens is 527 g/mol. The van der Waals surface area contributed by atoms with Gasteiger partial charge in [0, 0.05) is 38.0 Å². The van der Waals surface area contributed by atoms with Gasteiger partial charge in [0.2, 0.25) is 5.91 Å². The Morgan fingerprint density at radius 3 is 2.38 bits per heavy atom. The number of hydrogen-bond acceptors (Lipinski definition) is 5. The molecule has 1 N–H and O–H groups in total. The molecule has 0 radical (unpaired) electrons. The van der Waals surface area contributed by atoms with Crippen LogP contribution in [-0.4, -0.2) is 59.0 Å². The van der Waals surface area contributed by atoms with Crippen molar-refractivity contribution >= 4 is 17.7 Å². The van der Waals surface area contributed by atoms with Crippen molar-refractivity contribution < 1.29 is 36.7 Å². The lowest BCUT2D eigenvalue weighted by atomic mass is 9.96. The molecule has 0 saturated carbocycles. The first-order valence-corrected chi connectivity index (χ1v) is 12.9. The molecule has 1 aromatic heterocycles. The number of furan rings is 1. The Kier molecular flexibility index (Phi) is 7.41. The van der Waals surface area contributed by atoms with Gasteiger partial charge in [0.15, 0.2) is 5.76 Å². The summed E-state index contributed by atoms with van der Waals surface area (Å²) in [6.45, 7) is 2.21. The fraction of sp³-hybridized carbons (Fsp3) is 0.345. The minimum Gasteiger partial charge on any atom is -0.459 e. The predicted octanol–water partition coefficient (Wildman–Crippen LogP) is 4.40. The largest absolute Gasteiger partial charge is 0.459 e. The molecular formula is C29H28F3N3O5. The summed E-state index contributed by atoms with van der Waals surface area (Å²) in [6.07, 6.45) is -2.54. The van der Waals surface area contributed by atoms with Crippen LogP contribution in [0.5, 0.6) is 0 Å². The lowest BCUT2D eigenvalue weighted by molar-refractivity contribution is -0.137. The Bertz CT molecular complexity index is 1380. The molecule has 2 fully saturated rings. The van der Waals surface area contributed by atoms with E-state index in [0.29, 0.717) is 5.56 Å². The number of carbonyl (C=O) groups excluding carboxylic acids is 3. The molecule has 11 heteroatoms. The second kappa shape index (κ2) is 10.8. The fourth-order valence-electron chi connectivity index (χ4n) is 5.18. The van der Waals surface area contributed by atoms with E-state index in [2.05, 4.69) is 5.32 Å². The zero-order chi connectivity index (χ0) is 28.5. The summed E-state index contributed by atoms with van der Waals surface area (Å²) in [5.41, 5.74) is -0.322. The summed E-state index contributed by atoms with van der Waals surface area (Å²) in [4.78, 5) is 43.0. The van der Waals surface area contributed by atoms with E-state index < -0.39 is 35.3 Å². The van der Waals surface area contributed by atoms with Crippen molar-refractivity contribution in [2.75, 3.05) is 19.7 Å². The van der Waals surface area contributed by atoms with Crippen molar-refractivity contribution in [3.05, 3.63) is 94.9 Å². The lowest BCUT2D eigenvalue weighted by Crippen LogP contribution is -2.59. The SMILES string of the molecule is Cc1ccc(C(=O)N2C(C(=O)NCc3cccc(C(F)(F)F)c3)COC23CCN(C(=O)c2ccco2)CC3)cc1. The first-order chi connectivity index (χ1) is 19.1. The van der Waals surface area contributed by atoms with Gasteiger partial charge >= 0.3 is 6.18 Å². The molecule has 40 heavy (non-hydrogen) atoms. The van der Waals surface area contributed by atoms with Crippen molar-refractivity contribution in [1.29, 1.82) is 0 Å². The molecule has 8 nitrogen and oxygen atoms in total. The van der Waals surface area contributed by atoms with E-state index in [1.807, 2.05) is 6.92 Å². The molecule has 2 aliphatic heterocycles. The number of nitrogens with one attached hydrogen (secondary N) is 1. The van der Waals surface area contributed by atoms with Gasteiger partial charge in [0.25, 0.3) is 11.8 Å². The van der Waals surface area contributed by atoms with Gasteiger partial charge in [0.05, 0.1) is 18.4 Å². The fourth-order valence-corrected chi connectivity index (χ4v) is 5.18. The molecule has 3 heterocycles. The molecule has 1 atom stereocenters. The average Bonchev–Trinajstić information content (AvgIpc) is 3.61. The minimum absolute atomic E-state index is 0.0852. The molecule has 3 aromatic rings. The summed E-state index contributed by atoms with van der Waals surface area (Å²) in [6, 6.07) is 13.9. The number of benzene rings is 2. The van der Waals surface area contributed by atoms with Crippen LogP contribution in [-0.2, 0) is 22.3 Å². The normalized spacial score (nSPS) is 18.6. The third kappa shape index (κ3) is 5.46. The van der Waals surface area contributed by atoms with E-state index in [0.717, 1.165) is 17.7 Å². The number of aryl methyl sites for hydroxylation is 1. The number of rotatable bonds is 5. The van der Waals surface area contributed by atoms with Crippen LogP contribution in [0.25, 0.3) is 0 Å². The highest BCUT2D eigenvalue weighted by Gasteiger charge is 2.54. The first kappa shape index (κ1) is 27.4. The Labute approximate surface area is 228 Å². The van der Waals surface area contributed by atoms with Gasteiger partial charge in [-0.1, -0.05) is 29.8 Å². The van der Waals surface area contributed by atoms with Gasteiger partial charge < -0.3 is 19.4 Å². The molecule has 1 unspecified atom stereocenters. The Morgan fingerprint density at radius 2 is 1.73 bits per heavy atom. The van der Waals surface area contributed by atoms with Gasteiger partial charge in [0.1, 0.15) is 11.8 Å². The summed E-state index contributed by atoms with van der Waals surface area (Å²) in [7, 11) is 0. The van der Waals surface area contributed by atoms with Crippen molar-refractivity contribution in [2.24, 2.45) is 0 Å².